The van der Waals surface area contributed by atoms with Crippen molar-refractivity contribution < 1.29 is 14.3 Å². The first-order valence-corrected chi connectivity index (χ1v) is 8.65. The van der Waals surface area contributed by atoms with Crippen molar-refractivity contribution in [1.29, 1.82) is 0 Å². The van der Waals surface area contributed by atoms with Crippen molar-refractivity contribution in [1.82, 2.24) is 5.32 Å². The molecule has 0 heterocycles. The molecular formula is C18H24BrNO3. The van der Waals surface area contributed by atoms with Crippen LogP contribution in [0.2, 0.25) is 0 Å². The first kappa shape index (κ1) is 19.4. The second-order valence-electron chi connectivity index (χ2n) is 5.26. The summed E-state index contributed by atoms with van der Waals surface area (Å²) in [5.41, 5.74) is 2.19. The number of methoxy groups -OCH3 is 1. The molecular weight excluding hydrogens is 358 g/mol. The molecule has 1 aromatic carbocycles. The lowest BCUT2D eigenvalue weighted by Crippen LogP contribution is -2.26. The fraction of sp³-hybridized carbons (Fsp3) is 0.444. The van der Waals surface area contributed by atoms with E-state index in [9.17, 15) is 9.59 Å². The third-order valence-corrected chi connectivity index (χ3v) is 4.01. The van der Waals surface area contributed by atoms with Crippen LogP contribution in [-0.4, -0.2) is 19.0 Å². The summed E-state index contributed by atoms with van der Waals surface area (Å²) in [5, 5.41) is 2.88. The number of halogens is 1. The molecule has 0 saturated heterocycles. The molecule has 1 amide bonds. The van der Waals surface area contributed by atoms with E-state index in [0.717, 1.165) is 22.9 Å². The zero-order valence-corrected chi connectivity index (χ0v) is 15.5. The number of hydrogen-bond donors (Lipinski definition) is 1. The first-order chi connectivity index (χ1) is 11.0. The van der Waals surface area contributed by atoms with Gasteiger partial charge in [-0.1, -0.05) is 48.3 Å². The molecule has 0 saturated carbocycles. The highest BCUT2D eigenvalue weighted by Crippen LogP contribution is 2.19. The van der Waals surface area contributed by atoms with Gasteiger partial charge in [-0.3, -0.25) is 4.79 Å². The lowest BCUT2D eigenvalue weighted by molar-refractivity contribution is -0.136. The summed E-state index contributed by atoms with van der Waals surface area (Å²) >= 11 is 3.40. The Labute approximate surface area is 146 Å². The number of rotatable bonds is 8. The quantitative estimate of drug-likeness (QED) is 0.543. The van der Waals surface area contributed by atoms with Crippen LogP contribution in [0.3, 0.4) is 0 Å². The zero-order valence-electron chi connectivity index (χ0n) is 13.9. The van der Waals surface area contributed by atoms with Gasteiger partial charge < -0.3 is 10.1 Å². The number of ether oxygens (including phenoxy) is 1. The van der Waals surface area contributed by atoms with Crippen molar-refractivity contribution in [3.63, 3.8) is 0 Å². The summed E-state index contributed by atoms with van der Waals surface area (Å²) in [6.07, 6.45) is 3.35. The summed E-state index contributed by atoms with van der Waals surface area (Å²) in [4.78, 5) is 24.0. The van der Waals surface area contributed by atoms with E-state index in [2.05, 4.69) is 28.2 Å². The Morgan fingerprint density at radius 2 is 1.83 bits per heavy atom. The predicted octanol–water partition coefficient (Wildman–Crippen LogP) is 4.14. The fourth-order valence-electron chi connectivity index (χ4n) is 2.13. The summed E-state index contributed by atoms with van der Waals surface area (Å²) in [6, 6.07) is 7.76. The molecule has 5 heteroatoms. The molecule has 1 aromatic rings. The Hall–Kier alpha value is -1.62. The second-order valence-corrected chi connectivity index (χ2v) is 6.17. The molecule has 0 fully saturated rings. The van der Waals surface area contributed by atoms with E-state index in [1.807, 2.05) is 24.3 Å². The monoisotopic (exact) mass is 381 g/mol. The molecule has 0 aliphatic rings. The zero-order chi connectivity index (χ0) is 17.2. The van der Waals surface area contributed by atoms with Gasteiger partial charge in [-0.2, -0.15) is 0 Å². The Balaban J connectivity index is 3.15. The SMILES string of the molecule is CCCCC(NC(=O)CC)=C(Cc1ccc(Br)cc1)C(=O)OC. The lowest BCUT2D eigenvalue weighted by atomic mass is 10.0. The Morgan fingerprint density at radius 3 is 2.35 bits per heavy atom. The molecule has 0 aliphatic heterocycles. The number of allylic oxidation sites excluding steroid dienone is 1. The molecule has 1 rings (SSSR count). The minimum atomic E-state index is -0.393. The molecule has 0 radical (unpaired) electrons. The van der Waals surface area contributed by atoms with Gasteiger partial charge in [-0.15, -0.1) is 0 Å². The highest BCUT2D eigenvalue weighted by molar-refractivity contribution is 9.10. The minimum Gasteiger partial charge on any atom is -0.466 e. The molecule has 23 heavy (non-hydrogen) atoms. The van der Waals surface area contributed by atoms with Gasteiger partial charge in [0.1, 0.15) is 0 Å². The van der Waals surface area contributed by atoms with Gasteiger partial charge in [-0.25, -0.2) is 4.79 Å². The van der Waals surface area contributed by atoms with Gasteiger partial charge in [0.25, 0.3) is 0 Å². The Kier molecular flexibility index (Phi) is 8.62. The summed E-state index contributed by atoms with van der Waals surface area (Å²) < 4.78 is 5.91. The number of carbonyl (C=O) groups excluding carboxylic acids is 2. The summed E-state index contributed by atoms with van der Waals surface area (Å²) in [7, 11) is 1.36. The Bertz CT molecular complexity index is 564. The van der Waals surface area contributed by atoms with Crippen LogP contribution in [0.1, 0.15) is 45.1 Å². The fourth-order valence-corrected chi connectivity index (χ4v) is 2.40. The van der Waals surface area contributed by atoms with Gasteiger partial charge in [0.2, 0.25) is 5.91 Å². The van der Waals surface area contributed by atoms with Crippen molar-refractivity contribution in [2.24, 2.45) is 0 Å². The van der Waals surface area contributed by atoms with Crippen LogP contribution in [0.15, 0.2) is 40.0 Å². The van der Waals surface area contributed by atoms with Crippen LogP contribution in [0.25, 0.3) is 0 Å². The van der Waals surface area contributed by atoms with E-state index in [4.69, 9.17) is 4.74 Å². The molecule has 0 unspecified atom stereocenters. The van der Waals surface area contributed by atoms with Crippen molar-refractivity contribution in [3.05, 3.63) is 45.6 Å². The standard InChI is InChI=1S/C18H24BrNO3/c1-4-6-7-16(20-17(21)5-2)15(18(22)23-3)12-13-8-10-14(19)11-9-13/h8-11H,4-7,12H2,1-3H3,(H,20,21). The summed E-state index contributed by atoms with van der Waals surface area (Å²) in [6.45, 7) is 3.87. The number of unbranched alkanes of at least 4 members (excludes halogenated alkanes) is 1. The van der Waals surface area contributed by atoms with Crippen LogP contribution < -0.4 is 5.32 Å². The normalized spacial score (nSPS) is 11.7. The second kappa shape index (κ2) is 10.2. The first-order valence-electron chi connectivity index (χ1n) is 7.86. The number of amides is 1. The smallest absolute Gasteiger partial charge is 0.335 e. The maximum absolute atomic E-state index is 12.2. The number of esters is 1. The van der Waals surface area contributed by atoms with Crippen molar-refractivity contribution in [2.45, 2.75) is 46.0 Å². The third kappa shape index (κ3) is 6.57. The molecule has 0 bridgehead atoms. The number of benzene rings is 1. The van der Waals surface area contributed by atoms with Crippen LogP contribution >= 0.6 is 15.9 Å². The number of carbonyl (C=O) groups is 2. The van der Waals surface area contributed by atoms with Gasteiger partial charge in [0, 0.05) is 23.0 Å². The van der Waals surface area contributed by atoms with E-state index < -0.39 is 5.97 Å². The van der Waals surface area contributed by atoms with Crippen LogP contribution in [-0.2, 0) is 20.7 Å². The predicted molar refractivity (Wildman–Crippen MR) is 94.8 cm³/mol. The van der Waals surface area contributed by atoms with E-state index in [0.29, 0.717) is 30.5 Å². The van der Waals surface area contributed by atoms with Crippen LogP contribution in [0.4, 0.5) is 0 Å². The van der Waals surface area contributed by atoms with Gasteiger partial charge in [0.15, 0.2) is 0 Å². The van der Waals surface area contributed by atoms with E-state index in [1.165, 1.54) is 7.11 Å². The maximum atomic E-state index is 12.2. The summed E-state index contributed by atoms with van der Waals surface area (Å²) in [5.74, 6) is -0.483. The van der Waals surface area contributed by atoms with Gasteiger partial charge >= 0.3 is 5.97 Å². The molecule has 1 N–H and O–H groups in total. The third-order valence-electron chi connectivity index (χ3n) is 3.48. The average Bonchev–Trinajstić information content (AvgIpc) is 2.57. The molecule has 126 valence electrons. The topological polar surface area (TPSA) is 55.4 Å². The maximum Gasteiger partial charge on any atom is 0.335 e. The van der Waals surface area contributed by atoms with E-state index >= 15 is 0 Å². The minimum absolute atomic E-state index is 0.0895. The highest BCUT2D eigenvalue weighted by Gasteiger charge is 2.18. The van der Waals surface area contributed by atoms with E-state index in [-0.39, 0.29) is 5.91 Å². The van der Waals surface area contributed by atoms with Crippen molar-refractivity contribution in [3.8, 4) is 0 Å². The Morgan fingerprint density at radius 1 is 1.17 bits per heavy atom. The van der Waals surface area contributed by atoms with Crippen molar-refractivity contribution >= 4 is 27.8 Å². The molecule has 0 atom stereocenters. The molecule has 0 aromatic heterocycles. The van der Waals surface area contributed by atoms with E-state index in [1.54, 1.807) is 6.92 Å². The van der Waals surface area contributed by atoms with Crippen LogP contribution in [0, 0.1) is 0 Å². The van der Waals surface area contributed by atoms with Gasteiger partial charge in [0.05, 0.1) is 12.7 Å². The number of nitrogens with one attached hydrogen (secondary N) is 1. The molecule has 0 spiro atoms. The lowest BCUT2D eigenvalue weighted by Gasteiger charge is -2.15. The number of hydrogen-bond acceptors (Lipinski definition) is 3. The molecule has 4 nitrogen and oxygen atoms in total. The highest BCUT2D eigenvalue weighted by atomic mass is 79.9. The van der Waals surface area contributed by atoms with Gasteiger partial charge in [-0.05, 0) is 30.5 Å². The molecule has 0 aliphatic carbocycles. The largest absolute Gasteiger partial charge is 0.466 e. The average molecular weight is 382 g/mol. The van der Waals surface area contributed by atoms with Crippen molar-refractivity contribution in [2.75, 3.05) is 7.11 Å². The van der Waals surface area contributed by atoms with Crippen LogP contribution in [0.5, 0.6) is 0 Å².